The van der Waals surface area contributed by atoms with Crippen molar-refractivity contribution in [1.82, 2.24) is 0 Å². The molecule has 0 atom stereocenters. The number of thioether (sulfide) groups is 1. The maximum atomic E-state index is 10.5. The van der Waals surface area contributed by atoms with Gasteiger partial charge in [0, 0.05) is 22.8 Å². The van der Waals surface area contributed by atoms with E-state index in [1.807, 2.05) is 36.4 Å². The van der Waals surface area contributed by atoms with Crippen molar-refractivity contribution in [2.45, 2.75) is 13.3 Å². The molecule has 0 aliphatic heterocycles. The second kappa shape index (κ2) is 8.55. The van der Waals surface area contributed by atoms with Crippen molar-refractivity contribution < 1.29 is 9.90 Å². The Labute approximate surface area is 145 Å². The summed E-state index contributed by atoms with van der Waals surface area (Å²) < 4.78 is 0.575. The Morgan fingerprint density at radius 3 is 2.13 bits per heavy atom. The van der Waals surface area contributed by atoms with Gasteiger partial charge < -0.3 is 15.7 Å². The molecule has 120 valence electrons. The summed E-state index contributed by atoms with van der Waals surface area (Å²) in [6, 6.07) is 16.0. The first-order valence-electron chi connectivity index (χ1n) is 7.12. The van der Waals surface area contributed by atoms with Crippen molar-refractivity contribution in [3.05, 3.63) is 54.1 Å². The van der Waals surface area contributed by atoms with Gasteiger partial charge in [-0.2, -0.15) is 0 Å². The van der Waals surface area contributed by atoms with Crippen LogP contribution in [0.3, 0.4) is 0 Å². The van der Waals surface area contributed by atoms with Crippen LogP contribution >= 0.6 is 24.0 Å². The van der Waals surface area contributed by atoms with Gasteiger partial charge in [-0.15, -0.1) is 0 Å². The molecule has 3 N–H and O–H groups in total. The number of benzene rings is 2. The molecule has 0 heterocycles. The Morgan fingerprint density at radius 1 is 1.04 bits per heavy atom. The molecular weight excluding hydrogens is 328 g/mol. The molecule has 23 heavy (non-hydrogen) atoms. The number of hydrogen-bond donors (Lipinski definition) is 3. The Balaban J connectivity index is 1.85. The van der Waals surface area contributed by atoms with Crippen LogP contribution in [-0.4, -0.2) is 21.1 Å². The van der Waals surface area contributed by atoms with Gasteiger partial charge in [-0.05, 0) is 43.3 Å². The lowest BCUT2D eigenvalue weighted by Gasteiger charge is -2.10. The van der Waals surface area contributed by atoms with Crippen molar-refractivity contribution >= 4 is 51.3 Å². The van der Waals surface area contributed by atoms with Crippen molar-refractivity contribution in [2.75, 3.05) is 16.4 Å². The molecule has 0 radical (unpaired) electrons. The minimum atomic E-state index is -0.813. The van der Waals surface area contributed by atoms with E-state index in [1.54, 1.807) is 0 Å². The number of carbonyl (C=O) groups is 1. The van der Waals surface area contributed by atoms with Gasteiger partial charge in [0.2, 0.25) is 0 Å². The number of thiocarbonyl (C=S) groups is 1. The topological polar surface area (TPSA) is 61.4 Å². The third-order valence-corrected chi connectivity index (χ3v) is 4.25. The Kier molecular flexibility index (Phi) is 6.43. The average molecular weight is 346 g/mol. The van der Waals surface area contributed by atoms with E-state index in [0.717, 1.165) is 17.1 Å². The predicted octanol–water partition coefficient (Wildman–Crippen LogP) is 4.64. The van der Waals surface area contributed by atoms with Crippen LogP contribution in [0.2, 0.25) is 0 Å². The molecule has 6 heteroatoms. The summed E-state index contributed by atoms with van der Waals surface area (Å²) >= 11 is 6.51. The standard InChI is InChI=1S/C17H18N2O2S2/c1-12-2-4-13(5-3-12)18-14-6-8-15(9-7-14)19-17(22)23-11-10-16(20)21/h2-9,18H,10-11H2,1H3,(H,19,22)(H,20,21). The van der Waals surface area contributed by atoms with E-state index in [1.165, 1.54) is 17.3 Å². The van der Waals surface area contributed by atoms with E-state index in [9.17, 15) is 4.79 Å². The van der Waals surface area contributed by atoms with E-state index in [2.05, 4.69) is 29.7 Å². The molecule has 0 fully saturated rings. The minimum Gasteiger partial charge on any atom is -0.481 e. The van der Waals surface area contributed by atoms with Gasteiger partial charge >= 0.3 is 5.97 Å². The van der Waals surface area contributed by atoms with Gasteiger partial charge in [0.15, 0.2) is 0 Å². The lowest BCUT2D eigenvalue weighted by molar-refractivity contribution is -0.136. The van der Waals surface area contributed by atoms with Crippen LogP contribution in [0, 0.1) is 6.92 Å². The number of carboxylic acid groups (broad SMARTS) is 1. The average Bonchev–Trinajstić information content (AvgIpc) is 2.51. The summed E-state index contributed by atoms with van der Waals surface area (Å²) in [6.45, 7) is 2.06. The Hall–Kier alpha value is -2.05. The van der Waals surface area contributed by atoms with Gasteiger partial charge in [-0.3, -0.25) is 4.79 Å². The summed E-state index contributed by atoms with van der Waals surface area (Å²) in [6.07, 6.45) is 0.103. The van der Waals surface area contributed by atoms with Gasteiger partial charge in [-0.25, -0.2) is 0 Å². The van der Waals surface area contributed by atoms with E-state index >= 15 is 0 Å². The molecular formula is C17H18N2O2S2. The van der Waals surface area contributed by atoms with Crippen molar-refractivity contribution in [3.8, 4) is 0 Å². The third-order valence-electron chi connectivity index (χ3n) is 3.02. The number of hydrogen-bond acceptors (Lipinski definition) is 4. The van der Waals surface area contributed by atoms with E-state index in [-0.39, 0.29) is 6.42 Å². The number of nitrogens with one attached hydrogen (secondary N) is 2. The first-order valence-corrected chi connectivity index (χ1v) is 8.51. The molecule has 0 spiro atoms. The zero-order chi connectivity index (χ0) is 16.7. The third kappa shape index (κ3) is 6.30. The van der Waals surface area contributed by atoms with Gasteiger partial charge in [0.1, 0.15) is 4.32 Å². The lowest BCUT2D eigenvalue weighted by atomic mass is 10.2. The van der Waals surface area contributed by atoms with E-state index < -0.39 is 5.97 Å². The largest absolute Gasteiger partial charge is 0.481 e. The van der Waals surface area contributed by atoms with E-state index in [0.29, 0.717) is 10.1 Å². The highest BCUT2D eigenvalue weighted by Gasteiger charge is 2.02. The summed E-state index contributed by atoms with van der Waals surface area (Å²) in [5.74, 6) is -0.347. The van der Waals surface area contributed by atoms with Crippen LogP contribution < -0.4 is 10.6 Å². The highest BCUT2D eigenvalue weighted by atomic mass is 32.2. The summed E-state index contributed by atoms with van der Waals surface area (Å²) in [4.78, 5) is 10.5. The van der Waals surface area contributed by atoms with Gasteiger partial charge in [0.05, 0.1) is 6.42 Å². The maximum absolute atomic E-state index is 10.5. The maximum Gasteiger partial charge on any atom is 0.304 e. The normalized spacial score (nSPS) is 10.1. The molecule has 0 aliphatic carbocycles. The molecule has 0 amide bonds. The molecule has 2 aromatic rings. The summed E-state index contributed by atoms with van der Waals surface area (Å²) in [7, 11) is 0. The SMILES string of the molecule is Cc1ccc(Nc2ccc(NC(=S)SCCC(=O)O)cc2)cc1. The Bertz CT molecular complexity index is 670. The van der Waals surface area contributed by atoms with Gasteiger partial charge in [-0.1, -0.05) is 41.7 Å². The molecule has 0 saturated heterocycles. The molecule has 0 aromatic heterocycles. The fourth-order valence-electron chi connectivity index (χ4n) is 1.83. The fraction of sp³-hybridized carbons (Fsp3) is 0.176. The second-order valence-corrected chi connectivity index (χ2v) is 6.74. The zero-order valence-corrected chi connectivity index (χ0v) is 14.3. The number of rotatable bonds is 6. The van der Waals surface area contributed by atoms with Crippen LogP contribution in [0.5, 0.6) is 0 Å². The molecule has 2 rings (SSSR count). The predicted molar refractivity (Wildman–Crippen MR) is 102 cm³/mol. The smallest absolute Gasteiger partial charge is 0.304 e. The highest BCUT2D eigenvalue weighted by molar-refractivity contribution is 8.23. The van der Waals surface area contributed by atoms with Crippen LogP contribution in [0.15, 0.2) is 48.5 Å². The van der Waals surface area contributed by atoms with Gasteiger partial charge in [0.25, 0.3) is 0 Å². The lowest BCUT2D eigenvalue weighted by Crippen LogP contribution is -2.06. The summed E-state index contributed by atoms with van der Waals surface area (Å²) in [5.41, 5.74) is 4.14. The fourth-order valence-corrected chi connectivity index (χ4v) is 2.85. The number of aliphatic carboxylic acids is 1. The van der Waals surface area contributed by atoms with Crippen LogP contribution in [0.1, 0.15) is 12.0 Å². The Morgan fingerprint density at radius 2 is 1.57 bits per heavy atom. The molecule has 4 nitrogen and oxygen atoms in total. The van der Waals surface area contributed by atoms with Crippen LogP contribution in [0.4, 0.5) is 17.1 Å². The highest BCUT2D eigenvalue weighted by Crippen LogP contribution is 2.20. The van der Waals surface area contributed by atoms with Crippen molar-refractivity contribution in [3.63, 3.8) is 0 Å². The quantitative estimate of drug-likeness (QED) is 0.662. The second-order valence-electron chi connectivity index (χ2n) is 4.97. The monoisotopic (exact) mass is 346 g/mol. The molecule has 0 saturated carbocycles. The number of aryl methyl sites for hydroxylation is 1. The molecule has 2 aromatic carbocycles. The molecule has 0 unspecified atom stereocenters. The molecule has 0 aliphatic rings. The summed E-state index contributed by atoms with van der Waals surface area (Å²) in [5, 5.41) is 15.0. The zero-order valence-electron chi connectivity index (χ0n) is 12.7. The minimum absolute atomic E-state index is 0.103. The van der Waals surface area contributed by atoms with E-state index in [4.69, 9.17) is 17.3 Å². The van der Waals surface area contributed by atoms with Crippen molar-refractivity contribution in [1.29, 1.82) is 0 Å². The first-order chi connectivity index (χ1) is 11.0. The molecule has 0 bridgehead atoms. The van der Waals surface area contributed by atoms with Crippen LogP contribution in [-0.2, 0) is 4.79 Å². The first kappa shape index (κ1) is 17.3. The van der Waals surface area contributed by atoms with Crippen molar-refractivity contribution in [2.24, 2.45) is 0 Å². The van der Waals surface area contributed by atoms with Crippen LogP contribution in [0.25, 0.3) is 0 Å². The number of anilines is 3. The number of carboxylic acids is 1.